The number of hydrogen-bond acceptors (Lipinski definition) is 8. The smallest absolute Gasteiger partial charge is 0.290 e. The van der Waals surface area contributed by atoms with Crippen molar-refractivity contribution in [3.05, 3.63) is 110 Å². The molecule has 14 heteroatoms. The minimum atomic E-state index is -1.43. The van der Waals surface area contributed by atoms with E-state index in [4.69, 9.17) is 4.52 Å². The Morgan fingerprint density at radius 2 is 1.80 bits per heavy atom. The highest BCUT2D eigenvalue weighted by Crippen LogP contribution is 2.28. The van der Waals surface area contributed by atoms with Crippen LogP contribution in [0, 0.1) is 19.7 Å². The number of aromatic nitrogens is 6. The van der Waals surface area contributed by atoms with Gasteiger partial charge in [-0.15, -0.1) is 0 Å². The number of hydrogen-bond donors (Lipinski definition) is 3. The number of pyridine rings is 1. The normalized spacial score (nSPS) is 12.1. The highest BCUT2D eigenvalue weighted by Gasteiger charge is 2.24. The molecule has 0 saturated heterocycles. The number of anilines is 2. The molecule has 0 radical (unpaired) electrons. The minimum absolute atomic E-state index is 0.172. The molecule has 0 aliphatic rings. The van der Waals surface area contributed by atoms with E-state index in [1.807, 2.05) is 6.92 Å². The van der Waals surface area contributed by atoms with Crippen molar-refractivity contribution in [2.45, 2.75) is 33.5 Å². The summed E-state index contributed by atoms with van der Waals surface area (Å²) in [5.74, 6) is -0.726. The molecule has 2 aromatic carbocycles. The van der Waals surface area contributed by atoms with Crippen molar-refractivity contribution in [3.8, 4) is 16.8 Å². The summed E-state index contributed by atoms with van der Waals surface area (Å²) in [5, 5.41) is 17.2. The number of imidazole rings is 1. The quantitative estimate of drug-likeness (QED) is 0.214. The van der Waals surface area contributed by atoms with Gasteiger partial charge in [0, 0.05) is 38.2 Å². The minimum Gasteiger partial charge on any atom is -0.381 e. The Hall–Kier alpha value is -5.76. The maximum Gasteiger partial charge on any atom is 0.290 e. The SMILES string of the molecule is CCn1c2c(C(O)Nc3ccc(F)c(C(=O)Nc4cn(C)cn4)c3)nc(C)cc2c(=O)n1-c1ccc(-c2c(C)on(C)c2=O)cc1. The summed E-state index contributed by atoms with van der Waals surface area (Å²) in [5.41, 5.74) is 2.10. The number of carbonyl (C=O) groups excluding carboxylic acids is 1. The molecule has 1 unspecified atom stereocenters. The maximum absolute atomic E-state index is 14.7. The second-order valence-corrected chi connectivity index (χ2v) is 10.9. The fourth-order valence-electron chi connectivity index (χ4n) is 5.57. The van der Waals surface area contributed by atoms with Crippen molar-refractivity contribution >= 4 is 28.3 Å². The first-order valence-corrected chi connectivity index (χ1v) is 14.4. The predicted molar refractivity (Wildman–Crippen MR) is 170 cm³/mol. The van der Waals surface area contributed by atoms with Crippen molar-refractivity contribution in [2.24, 2.45) is 14.1 Å². The van der Waals surface area contributed by atoms with Crippen molar-refractivity contribution < 1.29 is 18.8 Å². The van der Waals surface area contributed by atoms with Crippen molar-refractivity contribution in [2.75, 3.05) is 10.6 Å². The first-order chi connectivity index (χ1) is 22.0. The number of carbonyl (C=O) groups is 1. The second kappa shape index (κ2) is 11.6. The van der Waals surface area contributed by atoms with E-state index in [0.29, 0.717) is 45.7 Å². The van der Waals surface area contributed by atoms with E-state index >= 15 is 0 Å². The van der Waals surface area contributed by atoms with Gasteiger partial charge in [0.15, 0.2) is 12.0 Å². The Labute approximate surface area is 261 Å². The van der Waals surface area contributed by atoms with E-state index in [1.54, 1.807) is 73.7 Å². The second-order valence-electron chi connectivity index (χ2n) is 10.9. The van der Waals surface area contributed by atoms with Crippen LogP contribution in [0.4, 0.5) is 15.9 Å². The Morgan fingerprint density at radius 3 is 2.43 bits per heavy atom. The standard InChI is InChI=1S/C32H31FN8O5/c1-6-40-28-23(31(44)41(40)21-10-7-19(8-11-21)26-18(3)46-39(5)32(26)45)13-17(2)35-27(28)30(43)36-20-9-12-24(33)22(14-20)29(42)37-25-15-38(4)16-34-25/h7-16,30,36,43H,6H2,1-5H3,(H,37,42). The van der Waals surface area contributed by atoms with Gasteiger partial charge in [-0.25, -0.2) is 14.1 Å². The van der Waals surface area contributed by atoms with Crippen molar-refractivity contribution in [3.63, 3.8) is 0 Å². The highest BCUT2D eigenvalue weighted by atomic mass is 19.1. The van der Waals surface area contributed by atoms with Crippen LogP contribution in [0.1, 0.15) is 40.7 Å². The number of aliphatic hydroxyl groups excluding tert-OH is 1. The molecular weight excluding hydrogens is 595 g/mol. The molecule has 0 bridgehead atoms. The molecule has 4 heterocycles. The van der Waals surface area contributed by atoms with E-state index in [0.717, 1.165) is 10.8 Å². The van der Waals surface area contributed by atoms with E-state index in [-0.39, 0.29) is 33.9 Å². The molecule has 3 N–H and O–H groups in total. The van der Waals surface area contributed by atoms with E-state index in [2.05, 4.69) is 20.6 Å². The van der Waals surface area contributed by atoms with Gasteiger partial charge in [0.2, 0.25) is 0 Å². The lowest BCUT2D eigenvalue weighted by atomic mass is 10.1. The first-order valence-electron chi connectivity index (χ1n) is 14.4. The topological polar surface area (TPSA) is 154 Å². The van der Waals surface area contributed by atoms with Crippen LogP contribution >= 0.6 is 0 Å². The zero-order valence-electron chi connectivity index (χ0n) is 25.7. The lowest BCUT2D eigenvalue weighted by Crippen LogP contribution is -2.21. The molecule has 46 heavy (non-hydrogen) atoms. The van der Waals surface area contributed by atoms with Crippen LogP contribution in [-0.4, -0.2) is 39.7 Å². The number of benzene rings is 2. The van der Waals surface area contributed by atoms with Gasteiger partial charge in [0.05, 0.1) is 34.0 Å². The number of fused-ring (bicyclic) bond motifs is 1. The van der Waals surface area contributed by atoms with Crippen LogP contribution in [0.25, 0.3) is 27.7 Å². The lowest BCUT2D eigenvalue weighted by molar-refractivity contribution is 0.102. The van der Waals surface area contributed by atoms with Crippen LogP contribution in [-0.2, 0) is 20.6 Å². The largest absolute Gasteiger partial charge is 0.381 e. The Bertz CT molecular complexity index is 2240. The molecule has 6 aromatic rings. The fraction of sp³-hybridized carbons (Fsp3) is 0.219. The van der Waals surface area contributed by atoms with Crippen LogP contribution in [0.3, 0.4) is 0 Å². The fourth-order valence-corrected chi connectivity index (χ4v) is 5.57. The van der Waals surface area contributed by atoms with Gasteiger partial charge in [0.25, 0.3) is 17.0 Å². The summed E-state index contributed by atoms with van der Waals surface area (Å²) in [7, 11) is 3.28. The molecule has 0 spiro atoms. The van der Waals surface area contributed by atoms with Crippen molar-refractivity contribution in [1.82, 2.24) is 28.6 Å². The molecule has 0 fully saturated rings. The molecule has 1 atom stereocenters. The summed E-state index contributed by atoms with van der Waals surface area (Å²) < 4.78 is 26.1. The zero-order chi connectivity index (χ0) is 32.9. The van der Waals surface area contributed by atoms with Crippen LogP contribution in [0.2, 0.25) is 0 Å². The van der Waals surface area contributed by atoms with Gasteiger partial charge in [-0.1, -0.05) is 12.1 Å². The van der Waals surface area contributed by atoms with Crippen molar-refractivity contribution in [1.29, 1.82) is 0 Å². The van der Waals surface area contributed by atoms with Gasteiger partial charge in [0.1, 0.15) is 17.3 Å². The predicted octanol–water partition coefficient (Wildman–Crippen LogP) is 4.01. The number of halogens is 1. The Morgan fingerprint density at radius 1 is 1.07 bits per heavy atom. The Kier molecular flexibility index (Phi) is 7.65. The summed E-state index contributed by atoms with van der Waals surface area (Å²) in [6, 6.07) is 12.4. The Balaban J connectivity index is 1.36. The van der Waals surface area contributed by atoms with Crippen LogP contribution in [0.5, 0.6) is 0 Å². The summed E-state index contributed by atoms with van der Waals surface area (Å²) in [6.45, 7) is 5.63. The lowest BCUT2D eigenvalue weighted by Gasteiger charge is -2.18. The number of nitrogens with zero attached hydrogens (tertiary/aromatic N) is 6. The monoisotopic (exact) mass is 626 g/mol. The number of nitrogens with one attached hydrogen (secondary N) is 2. The average Bonchev–Trinajstić information content (AvgIpc) is 3.65. The number of rotatable bonds is 8. The van der Waals surface area contributed by atoms with Crippen LogP contribution in [0.15, 0.2) is 75.2 Å². The number of aliphatic hydroxyl groups is 1. The van der Waals surface area contributed by atoms with E-state index < -0.39 is 18.0 Å². The molecule has 1 amide bonds. The molecule has 13 nitrogen and oxygen atoms in total. The van der Waals surface area contributed by atoms with E-state index in [9.17, 15) is 23.9 Å². The number of amides is 1. The third-order valence-electron chi connectivity index (χ3n) is 7.62. The maximum atomic E-state index is 14.7. The van der Waals surface area contributed by atoms with Gasteiger partial charge in [-0.05, 0) is 62.7 Å². The van der Waals surface area contributed by atoms with E-state index in [1.165, 1.54) is 23.1 Å². The summed E-state index contributed by atoms with van der Waals surface area (Å²) in [6.07, 6.45) is 1.64. The third kappa shape index (κ3) is 5.28. The van der Waals surface area contributed by atoms with Gasteiger partial charge in [-0.2, -0.15) is 4.74 Å². The first kappa shape index (κ1) is 30.3. The molecule has 6 rings (SSSR count). The molecule has 4 aromatic heterocycles. The zero-order valence-corrected chi connectivity index (χ0v) is 25.7. The molecule has 236 valence electrons. The van der Waals surface area contributed by atoms with Gasteiger partial charge < -0.3 is 24.8 Å². The third-order valence-corrected chi connectivity index (χ3v) is 7.62. The molecule has 0 saturated carbocycles. The summed E-state index contributed by atoms with van der Waals surface area (Å²) >= 11 is 0. The molecular formula is C32H31FN8O5. The summed E-state index contributed by atoms with van der Waals surface area (Å²) in [4.78, 5) is 47.8. The molecule has 0 aliphatic heterocycles. The highest BCUT2D eigenvalue weighted by molar-refractivity contribution is 6.04. The van der Waals surface area contributed by atoms with Gasteiger partial charge >= 0.3 is 0 Å². The molecule has 0 aliphatic carbocycles. The average molecular weight is 627 g/mol. The van der Waals surface area contributed by atoms with Gasteiger partial charge in [-0.3, -0.25) is 24.0 Å². The number of aryl methyl sites for hydroxylation is 5. The van der Waals surface area contributed by atoms with Crippen LogP contribution < -0.4 is 21.8 Å².